The highest BCUT2D eigenvalue weighted by molar-refractivity contribution is 5.81. The Balaban J connectivity index is 2.78. The lowest BCUT2D eigenvalue weighted by Gasteiger charge is -2.23. The van der Waals surface area contributed by atoms with E-state index in [-0.39, 0.29) is 25.1 Å². The van der Waals surface area contributed by atoms with Gasteiger partial charge in [-0.2, -0.15) is 0 Å². The first-order valence-electron chi connectivity index (χ1n) is 7.92. The number of hydrogen-bond acceptors (Lipinski definition) is 6. The maximum atomic E-state index is 12.3. The number of carbonyl (C=O) groups excluding carboxylic acids is 1. The van der Waals surface area contributed by atoms with Gasteiger partial charge in [0, 0.05) is 12.6 Å². The molecule has 1 aromatic rings. The van der Waals surface area contributed by atoms with Crippen LogP contribution in [0.15, 0.2) is 6.20 Å². The summed E-state index contributed by atoms with van der Waals surface area (Å²) in [5.41, 5.74) is -0.541. The van der Waals surface area contributed by atoms with Gasteiger partial charge in [-0.25, -0.2) is 18.7 Å². The fraction of sp³-hybridized carbons (Fsp3) is 0.667. The van der Waals surface area contributed by atoms with Crippen LogP contribution in [-0.4, -0.2) is 61.6 Å². The van der Waals surface area contributed by atoms with Crippen LogP contribution in [0.5, 0.6) is 0 Å². The van der Waals surface area contributed by atoms with Crippen LogP contribution in [-0.2, 0) is 27.3 Å². The molecule has 0 aliphatic heterocycles. The molecule has 26 heavy (non-hydrogen) atoms. The van der Waals surface area contributed by atoms with Crippen molar-refractivity contribution < 1.29 is 33.7 Å². The van der Waals surface area contributed by atoms with Gasteiger partial charge < -0.3 is 20.3 Å². The normalized spacial score (nSPS) is 13.7. The molecule has 0 bridgehead atoms. The Morgan fingerprint density at radius 3 is 2.46 bits per heavy atom. The molecule has 1 aromatic heterocycles. The summed E-state index contributed by atoms with van der Waals surface area (Å²) in [7, 11) is 0. The molecule has 2 atom stereocenters. The van der Waals surface area contributed by atoms with Crippen molar-refractivity contribution in [1.29, 1.82) is 0 Å². The third kappa shape index (κ3) is 7.45. The number of alkyl halides is 1. The van der Waals surface area contributed by atoms with Crippen LogP contribution in [0.2, 0.25) is 0 Å². The topological polar surface area (TPSA) is 144 Å². The summed E-state index contributed by atoms with van der Waals surface area (Å²) in [5, 5.41) is 28.1. The van der Waals surface area contributed by atoms with Gasteiger partial charge in [0.1, 0.15) is 18.3 Å². The Hall–Kier alpha value is -2.72. The number of aliphatic carboxylic acids is 2. The molecular weight excluding hydrogens is 351 g/mol. The van der Waals surface area contributed by atoms with E-state index in [4.69, 9.17) is 4.74 Å². The fourth-order valence-electron chi connectivity index (χ4n) is 2.11. The SMILES string of the molecule is CC(C)(C)OC(=O)N[C@H](C[C@H](Cc1cn(CCF)nn1)C(=O)O)C(=O)O. The summed E-state index contributed by atoms with van der Waals surface area (Å²) in [6, 6.07) is -1.45. The number of nitrogens with one attached hydrogen (secondary N) is 1. The molecule has 0 radical (unpaired) electrons. The van der Waals surface area contributed by atoms with Gasteiger partial charge in [-0.1, -0.05) is 5.21 Å². The average molecular weight is 374 g/mol. The zero-order valence-corrected chi connectivity index (χ0v) is 14.8. The number of aromatic nitrogens is 3. The maximum Gasteiger partial charge on any atom is 0.408 e. The van der Waals surface area contributed by atoms with Crippen LogP contribution < -0.4 is 5.32 Å². The molecule has 11 heteroatoms. The largest absolute Gasteiger partial charge is 0.481 e. The summed E-state index contributed by atoms with van der Waals surface area (Å²) < 4.78 is 18.5. The molecule has 0 fully saturated rings. The van der Waals surface area contributed by atoms with Crippen molar-refractivity contribution in [3.05, 3.63) is 11.9 Å². The van der Waals surface area contributed by atoms with E-state index in [0.717, 1.165) is 0 Å². The van der Waals surface area contributed by atoms with Crippen molar-refractivity contribution in [3.8, 4) is 0 Å². The van der Waals surface area contributed by atoms with Gasteiger partial charge in [-0.05, 0) is 27.2 Å². The quantitative estimate of drug-likeness (QED) is 0.577. The highest BCUT2D eigenvalue weighted by atomic mass is 19.1. The summed E-state index contributed by atoms with van der Waals surface area (Å²) in [6.45, 7) is 4.18. The third-order valence-corrected chi connectivity index (χ3v) is 3.21. The van der Waals surface area contributed by atoms with Crippen LogP contribution in [0.25, 0.3) is 0 Å². The van der Waals surface area contributed by atoms with Crippen LogP contribution >= 0.6 is 0 Å². The van der Waals surface area contributed by atoms with E-state index in [1.165, 1.54) is 10.9 Å². The van der Waals surface area contributed by atoms with E-state index in [0.29, 0.717) is 0 Å². The number of amides is 1. The van der Waals surface area contributed by atoms with E-state index < -0.39 is 42.3 Å². The molecule has 0 saturated heterocycles. The molecule has 3 N–H and O–H groups in total. The summed E-state index contributed by atoms with van der Waals surface area (Å²) in [4.78, 5) is 34.6. The molecule has 1 amide bonds. The second kappa shape index (κ2) is 9.11. The molecule has 0 saturated carbocycles. The number of rotatable bonds is 9. The summed E-state index contributed by atoms with van der Waals surface area (Å²) in [6.07, 6.45) is -0.0450. The van der Waals surface area contributed by atoms with Crippen LogP contribution in [0.3, 0.4) is 0 Å². The summed E-state index contributed by atoms with van der Waals surface area (Å²) >= 11 is 0. The van der Waals surface area contributed by atoms with Crippen LogP contribution in [0.1, 0.15) is 32.9 Å². The van der Waals surface area contributed by atoms with E-state index in [1.54, 1.807) is 20.8 Å². The number of hydrogen-bond donors (Lipinski definition) is 3. The van der Waals surface area contributed by atoms with Gasteiger partial charge in [0.25, 0.3) is 0 Å². The van der Waals surface area contributed by atoms with Gasteiger partial charge in [0.15, 0.2) is 0 Å². The average Bonchev–Trinajstić information content (AvgIpc) is 2.91. The van der Waals surface area contributed by atoms with Crippen molar-refractivity contribution >= 4 is 18.0 Å². The Labute approximate surface area is 149 Å². The zero-order chi connectivity index (χ0) is 19.9. The first-order valence-corrected chi connectivity index (χ1v) is 7.92. The molecule has 146 valence electrons. The molecular formula is C15H23FN4O6. The van der Waals surface area contributed by atoms with E-state index >= 15 is 0 Å². The van der Waals surface area contributed by atoms with Crippen LogP contribution in [0, 0.1) is 5.92 Å². The molecule has 0 unspecified atom stereocenters. The number of carboxylic acid groups (broad SMARTS) is 2. The highest BCUT2D eigenvalue weighted by Crippen LogP contribution is 2.15. The van der Waals surface area contributed by atoms with Gasteiger partial charge in [0.2, 0.25) is 0 Å². The Kier molecular flexibility index (Phi) is 7.47. The van der Waals surface area contributed by atoms with Crippen molar-refractivity contribution in [2.45, 2.75) is 51.8 Å². The van der Waals surface area contributed by atoms with Gasteiger partial charge >= 0.3 is 18.0 Å². The number of halogens is 1. The van der Waals surface area contributed by atoms with Gasteiger partial charge in [0.05, 0.1) is 18.2 Å². The molecule has 1 rings (SSSR count). The van der Waals surface area contributed by atoms with E-state index in [2.05, 4.69) is 15.6 Å². The maximum absolute atomic E-state index is 12.3. The van der Waals surface area contributed by atoms with Gasteiger partial charge in [-0.3, -0.25) is 4.79 Å². The number of nitrogens with zero attached hydrogens (tertiary/aromatic N) is 3. The number of ether oxygens (including phenoxy) is 1. The predicted octanol–water partition coefficient (Wildman–Crippen LogP) is 0.859. The zero-order valence-electron chi connectivity index (χ0n) is 14.8. The number of alkyl carbamates (subject to hydrolysis) is 1. The Morgan fingerprint density at radius 2 is 1.96 bits per heavy atom. The van der Waals surface area contributed by atoms with Crippen molar-refractivity contribution in [1.82, 2.24) is 20.3 Å². The molecule has 1 heterocycles. The minimum Gasteiger partial charge on any atom is -0.481 e. The third-order valence-electron chi connectivity index (χ3n) is 3.21. The first-order chi connectivity index (χ1) is 12.0. The Bertz CT molecular complexity index is 642. The van der Waals surface area contributed by atoms with Gasteiger partial charge in [-0.15, -0.1) is 5.10 Å². The van der Waals surface area contributed by atoms with Crippen LogP contribution in [0.4, 0.5) is 9.18 Å². The molecule has 0 aliphatic rings. The minimum absolute atomic E-state index is 0.0112. The smallest absolute Gasteiger partial charge is 0.408 e. The van der Waals surface area contributed by atoms with E-state index in [1.807, 2.05) is 0 Å². The monoisotopic (exact) mass is 374 g/mol. The molecule has 0 aliphatic carbocycles. The van der Waals surface area contributed by atoms with Crippen molar-refractivity contribution in [2.24, 2.45) is 5.92 Å². The lowest BCUT2D eigenvalue weighted by molar-refractivity contribution is -0.144. The van der Waals surface area contributed by atoms with Crippen molar-refractivity contribution in [2.75, 3.05) is 6.67 Å². The fourth-order valence-corrected chi connectivity index (χ4v) is 2.11. The highest BCUT2D eigenvalue weighted by Gasteiger charge is 2.30. The summed E-state index contributed by atoms with van der Waals surface area (Å²) in [5.74, 6) is -3.77. The Morgan fingerprint density at radius 1 is 1.31 bits per heavy atom. The predicted molar refractivity (Wildman–Crippen MR) is 86.2 cm³/mol. The molecule has 10 nitrogen and oxygen atoms in total. The second-order valence-corrected chi connectivity index (χ2v) is 6.67. The first kappa shape index (κ1) is 21.3. The minimum atomic E-state index is -1.45. The lowest BCUT2D eigenvalue weighted by atomic mass is 9.95. The standard InChI is InChI=1S/C15H23FN4O6/c1-15(2,3)26-14(25)17-11(13(23)24)7-9(12(21)22)6-10-8-20(5-4-16)19-18-10/h8-9,11H,4-7H2,1-3H3,(H,17,25)(H,21,22)(H,23,24)/t9-,11+/m0/s1. The lowest BCUT2D eigenvalue weighted by Crippen LogP contribution is -2.45. The molecule has 0 aromatic carbocycles. The molecule has 0 spiro atoms. The van der Waals surface area contributed by atoms with E-state index in [9.17, 15) is 29.0 Å². The number of aryl methyl sites for hydroxylation is 1. The number of carboxylic acids is 2. The number of carbonyl (C=O) groups is 3. The van der Waals surface area contributed by atoms with Crippen molar-refractivity contribution in [3.63, 3.8) is 0 Å². The second-order valence-electron chi connectivity index (χ2n) is 6.67.